The van der Waals surface area contributed by atoms with Crippen LogP contribution in [0.1, 0.15) is 35.7 Å². The summed E-state index contributed by atoms with van der Waals surface area (Å²) in [6.07, 6.45) is 0. The third kappa shape index (κ3) is 6.36. The fourth-order valence-electron chi connectivity index (χ4n) is 3.87. The van der Waals surface area contributed by atoms with Gasteiger partial charge in [0.1, 0.15) is 0 Å². The number of sulfonamides is 2. The number of rotatable bonds is 8. The molecule has 9 nitrogen and oxygen atoms in total. The summed E-state index contributed by atoms with van der Waals surface area (Å²) in [6, 6.07) is 16.5. The number of nitrogens with zero attached hydrogens (tertiary/aromatic N) is 1. The molecule has 0 bridgehead atoms. The maximum Gasteiger partial charge on any atom is 0.261 e. The van der Waals surface area contributed by atoms with Crippen molar-refractivity contribution < 1.29 is 26.4 Å². The summed E-state index contributed by atoms with van der Waals surface area (Å²) < 4.78 is 60.7. The summed E-state index contributed by atoms with van der Waals surface area (Å²) in [5.74, 6) is -0.371. The van der Waals surface area contributed by atoms with Crippen molar-refractivity contribution in [3.05, 3.63) is 82.9 Å². The van der Waals surface area contributed by atoms with Gasteiger partial charge in [0.15, 0.2) is 0 Å². The molecular formula is C26H28ClN3O6S2. The minimum Gasteiger partial charge on any atom is -0.379 e. The molecule has 1 aliphatic rings. The predicted octanol–water partition coefficient (Wildman–Crippen LogP) is 4.54. The van der Waals surface area contributed by atoms with Gasteiger partial charge in [0, 0.05) is 23.8 Å². The van der Waals surface area contributed by atoms with Gasteiger partial charge in [-0.05, 0) is 66.1 Å². The van der Waals surface area contributed by atoms with Gasteiger partial charge < -0.3 is 10.1 Å². The first kappa shape index (κ1) is 28.1. The van der Waals surface area contributed by atoms with Crippen molar-refractivity contribution in [2.75, 3.05) is 36.3 Å². The molecule has 0 spiro atoms. The summed E-state index contributed by atoms with van der Waals surface area (Å²) in [5, 5.41) is 2.91. The number of morpholine rings is 1. The van der Waals surface area contributed by atoms with Crippen LogP contribution in [-0.4, -0.2) is 53.4 Å². The van der Waals surface area contributed by atoms with Crippen LogP contribution in [0.4, 0.5) is 11.4 Å². The minimum absolute atomic E-state index is 0.00453. The quantitative estimate of drug-likeness (QED) is 0.405. The molecule has 1 amide bonds. The van der Waals surface area contributed by atoms with E-state index < -0.39 is 26.0 Å². The second kappa shape index (κ2) is 11.4. The van der Waals surface area contributed by atoms with Crippen molar-refractivity contribution >= 4 is 48.9 Å². The number of anilines is 2. The van der Waals surface area contributed by atoms with Crippen molar-refractivity contribution in [2.45, 2.75) is 29.6 Å². The lowest BCUT2D eigenvalue weighted by Gasteiger charge is -2.26. The van der Waals surface area contributed by atoms with E-state index in [9.17, 15) is 21.6 Å². The predicted molar refractivity (Wildman–Crippen MR) is 147 cm³/mol. The molecule has 12 heteroatoms. The Balaban J connectivity index is 1.53. The van der Waals surface area contributed by atoms with E-state index in [0.717, 1.165) is 5.56 Å². The molecule has 0 aromatic heterocycles. The number of hydrogen-bond acceptors (Lipinski definition) is 6. The molecule has 0 unspecified atom stereocenters. The molecule has 1 fully saturated rings. The molecule has 2 N–H and O–H groups in total. The van der Waals surface area contributed by atoms with Crippen molar-refractivity contribution in [3.63, 3.8) is 0 Å². The maximum absolute atomic E-state index is 13.1. The van der Waals surface area contributed by atoms with Crippen molar-refractivity contribution in [3.8, 4) is 0 Å². The van der Waals surface area contributed by atoms with Gasteiger partial charge in [-0.1, -0.05) is 37.6 Å². The Morgan fingerprint density at radius 1 is 0.895 bits per heavy atom. The third-order valence-electron chi connectivity index (χ3n) is 6.05. The smallest absolute Gasteiger partial charge is 0.261 e. The summed E-state index contributed by atoms with van der Waals surface area (Å²) in [4.78, 5) is 13.3. The van der Waals surface area contributed by atoms with Crippen LogP contribution in [0.15, 0.2) is 76.5 Å². The van der Waals surface area contributed by atoms with E-state index in [1.165, 1.54) is 58.9 Å². The first-order valence-corrected chi connectivity index (χ1v) is 15.2. The number of amides is 1. The SMILES string of the molecule is CC(C)c1ccc(S(=O)(=O)Nc2ccc(Cl)cc2C(=O)Nc2ccc(S(=O)(=O)N3CCOCC3)cc2)cc1. The minimum atomic E-state index is -3.98. The zero-order chi connectivity index (χ0) is 27.5. The molecule has 0 saturated carbocycles. The Kier molecular flexibility index (Phi) is 8.43. The number of nitrogens with one attached hydrogen (secondary N) is 2. The van der Waals surface area contributed by atoms with Gasteiger partial charge in [-0.3, -0.25) is 9.52 Å². The molecule has 1 saturated heterocycles. The molecule has 202 valence electrons. The average Bonchev–Trinajstić information content (AvgIpc) is 2.90. The molecule has 4 rings (SSSR count). The lowest BCUT2D eigenvalue weighted by Crippen LogP contribution is -2.40. The second-order valence-corrected chi connectivity index (χ2v) is 13.1. The Hall–Kier alpha value is -2.96. The van der Waals surface area contributed by atoms with Crippen molar-refractivity contribution in [1.29, 1.82) is 0 Å². The Labute approximate surface area is 227 Å². The summed E-state index contributed by atoms with van der Waals surface area (Å²) in [6.45, 7) is 5.24. The van der Waals surface area contributed by atoms with Crippen molar-refractivity contribution in [1.82, 2.24) is 4.31 Å². The fourth-order valence-corrected chi connectivity index (χ4v) is 6.53. The second-order valence-electron chi connectivity index (χ2n) is 9.01. The lowest BCUT2D eigenvalue weighted by atomic mass is 10.0. The fraction of sp³-hybridized carbons (Fsp3) is 0.269. The zero-order valence-electron chi connectivity index (χ0n) is 20.8. The Morgan fingerprint density at radius 3 is 2.11 bits per heavy atom. The standard InChI is InChI=1S/C26H28ClN3O6S2/c1-18(2)19-3-8-22(9-4-19)37(32,33)29-25-12-5-20(27)17-24(25)26(31)28-21-6-10-23(11-7-21)38(34,35)30-13-15-36-16-14-30/h3-12,17-18,29H,13-16H2,1-2H3,(H,28,31). The Bertz CT molecular complexity index is 1520. The van der Waals surface area contributed by atoms with Gasteiger partial charge in [-0.25, -0.2) is 16.8 Å². The summed E-state index contributed by atoms with van der Waals surface area (Å²) >= 11 is 6.11. The molecule has 0 radical (unpaired) electrons. The average molecular weight is 578 g/mol. The highest BCUT2D eigenvalue weighted by Crippen LogP contribution is 2.26. The van der Waals surface area contributed by atoms with E-state index in [0.29, 0.717) is 18.9 Å². The highest BCUT2D eigenvalue weighted by molar-refractivity contribution is 7.92. The van der Waals surface area contributed by atoms with Crippen LogP contribution in [0.5, 0.6) is 0 Å². The van der Waals surface area contributed by atoms with Crippen LogP contribution in [0.3, 0.4) is 0 Å². The van der Waals surface area contributed by atoms with E-state index in [-0.39, 0.29) is 45.1 Å². The van der Waals surface area contributed by atoms with Crippen LogP contribution in [-0.2, 0) is 24.8 Å². The lowest BCUT2D eigenvalue weighted by molar-refractivity contribution is 0.0730. The van der Waals surface area contributed by atoms with Gasteiger partial charge in [0.2, 0.25) is 10.0 Å². The van der Waals surface area contributed by atoms with Gasteiger partial charge >= 0.3 is 0 Å². The van der Waals surface area contributed by atoms with Crippen molar-refractivity contribution in [2.24, 2.45) is 0 Å². The molecule has 3 aromatic carbocycles. The van der Waals surface area contributed by atoms with E-state index in [1.54, 1.807) is 12.1 Å². The number of carbonyl (C=O) groups is 1. The number of benzene rings is 3. The molecule has 1 heterocycles. The topological polar surface area (TPSA) is 122 Å². The molecule has 3 aromatic rings. The van der Waals surface area contributed by atoms with Crippen LogP contribution in [0, 0.1) is 0 Å². The van der Waals surface area contributed by atoms with Gasteiger partial charge in [-0.15, -0.1) is 0 Å². The van der Waals surface area contributed by atoms with Gasteiger partial charge in [0.25, 0.3) is 15.9 Å². The van der Waals surface area contributed by atoms with Crippen LogP contribution < -0.4 is 10.0 Å². The van der Waals surface area contributed by atoms with E-state index in [4.69, 9.17) is 16.3 Å². The van der Waals surface area contributed by atoms with Crippen LogP contribution >= 0.6 is 11.6 Å². The monoisotopic (exact) mass is 577 g/mol. The largest absolute Gasteiger partial charge is 0.379 e. The third-order valence-corrected chi connectivity index (χ3v) is 9.58. The van der Waals surface area contributed by atoms with E-state index in [2.05, 4.69) is 10.0 Å². The molecule has 38 heavy (non-hydrogen) atoms. The Morgan fingerprint density at radius 2 is 1.50 bits per heavy atom. The van der Waals surface area contributed by atoms with Gasteiger partial charge in [-0.2, -0.15) is 4.31 Å². The molecular weight excluding hydrogens is 550 g/mol. The van der Waals surface area contributed by atoms with E-state index in [1.807, 2.05) is 13.8 Å². The normalized spacial score (nSPS) is 14.8. The van der Waals surface area contributed by atoms with Gasteiger partial charge in [0.05, 0.1) is 34.3 Å². The molecule has 1 aliphatic heterocycles. The van der Waals surface area contributed by atoms with Crippen LogP contribution in [0.2, 0.25) is 5.02 Å². The number of hydrogen-bond donors (Lipinski definition) is 2. The molecule has 0 atom stereocenters. The summed E-state index contributed by atoms with van der Waals surface area (Å²) in [7, 11) is -7.66. The maximum atomic E-state index is 13.1. The molecule has 0 aliphatic carbocycles. The zero-order valence-corrected chi connectivity index (χ0v) is 23.2. The number of halogens is 1. The first-order chi connectivity index (χ1) is 18.0. The highest BCUT2D eigenvalue weighted by Gasteiger charge is 2.26. The highest BCUT2D eigenvalue weighted by atomic mass is 35.5. The van der Waals surface area contributed by atoms with Crippen LogP contribution in [0.25, 0.3) is 0 Å². The summed E-state index contributed by atoms with van der Waals surface area (Å²) in [5.41, 5.74) is 1.38. The number of carbonyl (C=O) groups excluding carboxylic acids is 1. The number of ether oxygens (including phenoxy) is 1. The van der Waals surface area contributed by atoms with E-state index >= 15 is 0 Å². The first-order valence-electron chi connectivity index (χ1n) is 11.9.